The SMILES string of the molecule is CC(C)CC(c1ccccc1)S(=O)(=O)N[C@@H](C)c1ccc(N2CCC(C(N)=O)CC2)cc1. The van der Waals surface area contributed by atoms with Gasteiger partial charge in [0.25, 0.3) is 0 Å². The van der Waals surface area contributed by atoms with Crippen molar-refractivity contribution < 1.29 is 13.2 Å². The lowest BCUT2D eigenvalue weighted by Gasteiger charge is -2.32. The predicted octanol–water partition coefficient (Wildman–Crippen LogP) is 4.16. The molecule has 1 amide bonds. The number of primary amides is 1. The summed E-state index contributed by atoms with van der Waals surface area (Å²) >= 11 is 0. The molecule has 0 aliphatic carbocycles. The molecule has 32 heavy (non-hydrogen) atoms. The van der Waals surface area contributed by atoms with Crippen LogP contribution >= 0.6 is 0 Å². The maximum absolute atomic E-state index is 13.3. The van der Waals surface area contributed by atoms with Crippen molar-refractivity contribution in [2.45, 2.75) is 51.3 Å². The molecule has 2 aromatic rings. The number of hydrogen-bond acceptors (Lipinski definition) is 4. The lowest BCUT2D eigenvalue weighted by Crippen LogP contribution is -2.38. The molecule has 3 rings (SSSR count). The molecule has 0 aromatic heterocycles. The van der Waals surface area contributed by atoms with Gasteiger partial charge in [-0.15, -0.1) is 0 Å². The minimum Gasteiger partial charge on any atom is -0.371 e. The fourth-order valence-corrected chi connectivity index (χ4v) is 6.28. The third kappa shape index (κ3) is 6.11. The van der Waals surface area contributed by atoms with Gasteiger partial charge >= 0.3 is 0 Å². The number of anilines is 1. The molecule has 0 spiro atoms. The first-order valence-electron chi connectivity index (χ1n) is 11.4. The molecule has 1 aliphatic heterocycles. The molecule has 1 heterocycles. The van der Waals surface area contributed by atoms with E-state index in [-0.39, 0.29) is 23.8 Å². The monoisotopic (exact) mass is 457 g/mol. The second-order valence-electron chi connectivity index (χ2n) is 9.17. The Bertz CT molecular complexity index is 983. The van der Waals surface area contributed by atoms with Crippen LogP contribution in [0.1, 0.15) is 62.5 Å². The molecule has 174 valence electrons. The van der Waals surface area contributed by atoms with Gasteiger partial charge in [0.1, 0.15) is 5.25 Å². The van der Waals surface area contributed by atoms with Gasteiger partial charge in [-0.05, 0) is 55.4 Å². The summed E-state index contributed by atoms with van der Waals surface area (Å²) in [6, 6.07) is 17.1. The normalized spacial score (nSPS) is 17.3. The Morgan fingerprint density at radius 1 is 1.00 bits per heavy atom. The average Bonchev–Trinajstić information content (AvgIpc) is 2.77. The zero-order valence-electron chi connectivity index (χ0n) is 19.2. The first kappa shape index (κ1) is 24.3. The number of sulfonamides is 1. The summed E-state index contributed by atoms with van der Waals surface area (Å²) in [5.74, 6) is 0.000748. The minimum absolute atomic E-state index is 0.0386. The predicted molar refractivity (Wildman–Crippen MR) is 130 cm³/mol. The second kappa shape index (κ2) is 10.5. The molecule has 2 aromatic carbocycles. The molecule has 6 nitrogen and oxygen atoms in total. The van der Waals surface area contributed by atoms with Crippen molar-refractivity contribution >= 4 is 21.6 Å². The van der Waals surface area contributed by atoms with E-state index in [2.05, 4.69) is 9.62 Å². The molecule has 1 saturated heterocycles. The lowest BCUT2D eigenvalue weighted by atomic mass is 9.96. The third-order valence-electron chi connectivity index (χ3n) is 6.23. The van der Waals surface area contributed by atoms with E-state index < -0.39 is 15.3 Å². The molecule has 1 unspecified atom stereocenters. The van der Waals surface area contributed by atoms with Crippen LogP contribution in [0, 0.1) is 11.8 Å². The summed E-state index contributed by atoms with van der Waals surface area (Å²) in [6.07, 6.45) is 2.10. The van der Waals surface area contributed by atoms with Crippen LogP contribution in [-0.2, 0) is 14.8 Å². The van der Waals surface area contributed by atoms with Crippen LogP contribution in [0.5, 0.6) is 0 Å². The molecular formula is C25H35N3O3S. The quantitative estimate of drug-likeness (QED) is 0.591. The summed E-state index contributed by atoms with van der Waals surface area (Å²) in [4.78, 5) is 13.6. The van der Waals surface area contributed by atoms with Crippen LogP contribution in [0.3, 0.4) is 0 Å². The Hall–Kier alpha value is -2.38. The Kier molecular flexibility index (Phi) is 7.96. The van der Waals surface area contributed by atoms with Crippen LogP contribution in [0.25, 0.3) is 0 Å². The van der Waals surface area contributed by atoms with E-state index in [1.54, 1.807) is 0 Å². The maximum Gasteiger partial charge on any atom is 0.220 e. The van der Waals surface area contributed by atoms with Crippen molar-refractivity contribution in [3.05, 3.63) is 65.7 Å². The molecule has 0 saturated carbocycles. The van der Waals surface area contributed by atoms with Crippen LogP contribution in [0.15, 0.2) is 54.6 Å². The van der Waals surface area contributed by atoms with Crippen LogP contribution in [0.2, 0.25) is 0 Å². The van der Waals surface area contributed by atoms with Crippen molar-refractivity contribution in [1.82, 2.24) is 4.72 Å². The van der Waals surface area contributed by atoms with Gasteiger partial charge in [-0.25, -0.2) is 13.1 Å². The number of carbonyl (C=O) groups excluding carboxylic acids is 1. The van der Waals surface area contributed by atoms with Crippen molar-refractivity contribution in [1.29, 1.82) is 0 Å². The highest BCUT2D eigenvalue weighted by Crippen LogP contribution is 2.31. The summed E-state index contributed by atoms with van der Waals surface area (Å²) in [7, 11) is -3.57. The fourth-order valence-electron chi connectivity index (χ4n) is 4.33. The van der Waals surface area contributed by atoms with E-state index in [0.717, 1.165) is 42.7 Å². The average molecular weight is 458 g/mol. The Morgan fingerprint density at radius 3 is 2.12 bits per heavy atom. The van der Waals surface area contributed by atoms with Gasteiger partial charge in [-0.1, -0.05) is 56.3 Å². The van der Waals surface area contributed by atoms with E-state index in [1.165, 1.54) is 0 Å². The van der Waals surface area contributed by atoms with Crippen LogP contribution in [0.4, 0.5) is 5.69 Å². The standard InChI is InChI=1S/C25H35N3O3S/c1-18(2)17-24(21-7-5-4-6-8-21)32(30,31)27-19(3)20-9-11-23(12-10-20)28-15-13-22(14-16-28)25(26)29/h4-12,18-19,22,24,27H,13-17H2,1-3H3,(H2,26,29)/t19-,24?/m0/s1. The summed E-state index contributed by atoms with van der Waals surface area (Å²) in [6.45, 7) is 7.55. The van der Waals surface area contributed by atoms with Crippen molar-refractivity contribution in [3.63, 3.8) is 0 Å². The zero-order valence-corrected chi connectivity index (χ0v) is 20.0. The van der Waals surface area contributed by atoms with Gasteiger partial charge < -0.3 is 10.6 Å². The molecule has 1 aliphatic rings. The highest BCUT2D eigenvalue weighted by molar-refractivity contribution is 7.89. The lowest BCUT2D eigenvalue weighted by molar-refractivity contribution is -0.122. The third-order valence-corrected chi connectivity index (χ3v) is 8.12. The molecule has 2 atom stereocenters. The molecule has 3 N–H and O–H groups in total. The Morgan fingerprint density at radius 2 is 1.59 bits per heavy atom. The second-order valence-corrected chi connectivity index (χ2v) is 11.1. The number of nitrogens with two attached hydrogens (primary N) is 1. The molecular weight excluding hydrogens is 422 g/mol. The number of hydrogen-bond donors (Lipinski definition) is 2. The van der Waals surface area contributed by atoms with E-state index in [9.17, 15) is 13.2 Å². The number of nitrogens with one attached hydrogen (secondary N) is 1. The van der Waals surface area contributed by atoms with E-state index in [4.69, 9.17) is 5.73 Å². The molecule has 0 bridgehead atoms. The summed E-state index contributed by atoms with van der Waals surface area (Å²) in [5, 5.41) is -0.586. The smallest absolute Gasteiger partial charge is 0.220 e. The number of benzene rings is 2. The topological polar surface area (TPSA) is 92.5 Å². The largest absolute Gasteiger partial charge is 0.371 e. The Labute approximate surface area is 192 Å². The minimum atomic E-state index is -3.57. The van der Waals surface area contributed by atoms with E-state index >= 15 is 0 Å². The first-order chi connectivity index (χ1) is 15.2. The number of carbonyl (C=O) groups is 1. The number of nitrogens with zero attached hydrogens (tertiary/aromatic N) is 1. The van der Waals surface area contributed by atoms with Crippen LogP contribution in [-0.4, -0.2) is 27.4 Å². The van der Waals surface area contributed by atoms with Gasteiger partial charge in [0.15, 0.2) is 0 Å². The number of amides is 1. The molecule has 7 heteroatoms. The van der Waals surface area contributed by atoms with Crippen LogP contribution < -0.4 is 15.4 Å². The van der Waals surface area contributed by atoms with Crippen molar-refractivity contribution in [2.24, 2.45) is 17.6 Å². The highest BCUT2D eigenvalue weighted by atomic mass is 32.2. The van der Waals surface area contributed by atoms with Gasteiger partial charge in [0.2, 0.25) is 15.9 Å². The zero-order chi connectivity index (χ0) is 23.3. The van der Waals surface area contributed by atoms with Crippen molar-refractivity contribution in [3.8, 4) is 0 Å². The fraction of sp³-hybridized carbons (Fsp3) is 0.480. The molecule has 1 fully saturated rings. The Balaban J connectivity index is 1.69. The van der Waals surface area contributed by atoms with E-state index in [1.807, 2.05) is 75.4 Å². The maximum atomic E-state index is 13.3. The highest BCUT2D eigenvalue weighted by Gasteiger charge is 2.30. The van der Waals surface area contributed by atoms with Gasteiger partial charge in [0.05, 0.1) is 0 Å². The molecule has 0 radical (unpaired) electrons. The van der Waals surface area contributed by atoms with Gasteiger partial charge in [0, 0.05) is 30.7 Å². The number of rotatable bonds is 9. The summed E-state index contributed by atoms with van der Waals surface area (Å²) < 4.78 is 29.5. The van der Waals surface area contributed by atoms with E-state index in [0.29, 0.717) is 6.42 Å². The first-order valence-corrected chi connectivity index (χ1v) is 12.9. The van der Waals surface area contributed by atoms with Gasteiger partial charge in [-0.2, -0.15) is 0 Å². The van der Waals surface area contributed by atoms with Crippen molar-refractivity contribution in [2.75, 3.05) is 18.0 Å². The van der Waals surface area contributed by atoms with Gasteiger partial charge in [-0.3, -0.25) is 4.79 Å². The number of piperidine rings is 1. The summed E-state index contributed by atoms with van der Waals surface area (Å²) in [5.41, 5.74) is 8.24.